The van der Waals surface area contributed by atoms with Crippen molar-refractivity contribution in [1.29, 1.82) is 0 Å². The van der Waals surface area contributed by atoms with Crippen LogP contribution in [0.1, 0.15) is 24.2 Å². The number of carbonyl (C=O) groups excluding carboxylic acids is 2. The zero-order valence-electron chi connectivity index (χ0n) is 15.0. The van der Waals surface area contributed by atoms with E-state index in [2.05, 4.69) is 10.3 Å². The molecule has 1 heterocycles. The quantitative estimate of drug-likeness (QED) is 0.670. The number of halogens is 1. The fourth-order valence-corrected chi connectivity index (χ4v) is 2.98. The third-order valence-electron chi connectivity index (χ3n) is 4.09. The van der Waals surface area contributed by atoms with Gasteiger partial charge >= 0.3 is 5.97 Å². The van der Waals surface area contributed by atoms with Crippen LogP contribution in [0.3, 0.4) is 0 Å². The molecule has 3 rings (SSSR count). The summed E-state index contributed by atoms with van der Waals surface area (Å²) >= 11 is 6.29. The van der Waals surface area contributed by atoms with E-state index < -0.39 is 12.1 Å². The number of carbonyl (C=O) groups is 2. The van der Waals surface area contributed by atoms with Crippen molar-refractivity contribution in [2.75, 3.05) is 6.54 Å². The van der Waals surface area contributed by atoms with Crippen molar-refractivity contribution >= 4 is 34.4 Å². The van der Waals surface area contributed by atoms with Gasteiger partial charge in [0.15, 0.2) is 6.10 Å². The largest absolute Gasteiger partial charge is 0.449 e. The molecule has 27 heavy (non-hydrogen) atoms. The van der Waals surface area contributed by atoms with E-state index in [1.165, 1.54) is 0 Å². The molecular formula is C21H19ClN2O3. The summed E-state index contributed by atoms with van der Waals surface area (Å²) in [5.41, 5.74) is 2.27. The summed E-state index contributed by atoms with van der Waals surface area (Å²) < 4.78 is 5.37. The summed E-state index contributed by atoms with van der Waals surface area (Å²) in [7, 11) is 0. The molecule has 0 saturated carbocycles. The number of hydrogen-bond acceptors (Lipinski definition) is 4. The zero-order chi connectivity index (χ0) is 19.4. The molecule has 1 atom stereocenters. The molecule has 1 amide bonds. The van der Waals surface area contributed by atoms with Crippen LogP contribution >= 0.6 is 11.6 Å². The highest BCUT2D eigenvalue weighted by atomic mass is 35.5. The molecule has 0 bridgehead atoms. The summed E-state index contributed by atoms with van der Waals surface area (Å²) in [5.74, 6) is -0.920. The second-order valence-electron chi connectivity index (χ2n) is 5.99. The topological polar surface area (TPSA) is 68.3 Å². The third-order valence-corrected chi connectivity index (χ3v) is 4.42. The maximum absolute atomic E-state index is 12.8. The maximum Gasteiger partial charge on any atom is 0.339 e. The van der Waals surface area contributed by atoms with Gasteiger partial charge in [0.2, 0.25) is 0 Å². The lowest BCUT2D eigenvalue weighted by Crippen LogP contribution is -2.35. The van der Waals surface area contributed by atoms with E-state index in [9.17, 15) is 9.59 Å². The second kappa shape index (κ2) is 8.18. The van der Waals surface area contributed by atoms with Crippen LogP contribution in [0.4, 0.5) is 0 Å². The molecule has 2 aromatic carbocycles. The number of nitrogens with one attached hydrogen (secondary N) is 1. The number of pyridine rings is 1. The van der Waals surface area contributed by atoms with Crippen LogP contribution < -0.4 is 5.32 Å². The van der Waals surface area contributed by atoms with E-state index in [1.807, 2.05) is 36.4 Å². The summed E-state index contributed by atoms with van der Waals surface area (Å²) in [6, 6.07) is 16.2. The smallest absolute Gasteiger partial charge is 0.339 e. The molecule has 1 aromatic heterocycles. The predicted molar refractivity (Wildman–Crippen MR) is 106 cm³/mol. The van der Waals surface area contributed by atoms with Crippen LogP contribution in [0.15, 0.2) is 54.6 Å². The standard InChI is InChI=1S/C21H19ClN2O3/c1-3-23-20(25)13(2)27-21(26)16-12-19(15-9-4-6-10-17(15)22)24-18-11-7-5-8-14(16)18/h4-13H,3H2,1-2H3,(H,23,25)/t13-/m0/s1. The lowest BCUT2D eigenvalue weighted by molar-refractivity contribution is -0.128. The number of aromatic nitrogens is 1. The number of rotatable bonds is 5. The average Bonchev–Trinajstić information content (AvgIpc) is 2.67. The lowest BCUT2D eigenvalue weighted by atomic mass is 10.0. The Hall–Kier alpha value is -2.92. The molecule has 0 aliphatic heterocycles. The highest BCUT2D eigenvalue weighted by Gasteiger charge is 2.21. The van der Waals surface area contributed by atoms with Gasteiger partial charge in [-0.3, -0.25) is 4.79 Å². The van der Waals surface area contributed by atoms with Crippen LogP contribution in [-0.4, -0.2) is 29.5 Å². The molecule has 0 saturated heterocycles. The summed E-state index contributed by atoms with van der Waals surface area (Å²) in [6.45, 7) is 3.81. The fraction of sp³-hybridized carbons (Fsp3) is 0.190. The molecule has 0 spiro atoms. The summed E-state index contributed by atoms with van der Waals surface area (Å²) in [6.07, 6.45) is -0.895. The Kier molecular flexibility index (Phi) is 5.72. The Morgan fingerprint density at radius 2 is 1.85 bits per heavy atom. The minimum atomic E-state index is -0.895. The van der Waals surface area contributed by atoms with E-state index in [4.69, 9.17) is 16.3 Å². The van der Waals surface area contributed by atoms with Crippen LogP contribution in [0.25, 0.3) is 22.2 Å². The first-order valence-electron chi connectivity index (χ1n) is 8.64. The van der Waals surface area contributed by atoms with Crippen molar-refractivity contribution in [2.45, 2.75) is 20.0 Å². The molecule has 1 N–H and O–H groups in total. The first kappa shape index (κ1) is 18.9. The van der Waals surface area contributed by atoms with Gasteiger partial charge in [-0.15, -0.1) is 0 Å². The predicted octanol–water partition coefficient (Wildman–Crippen LogP) is 4.24. The van der Waals surface area contributed by atoms with Crippen molar-refractivity contribution in [3.05, 3.63) is 65.2 Å². The van der Waals surface area contributed by atoms with Crippen LogP contribution in [0.2, 0.25) is 5.02 Å². The fourth-order valence-electron chi connectivity index (χ4n) is 2.75. The van der Waals surface area contributed by atoms with E-state index in [1.54, 1.807) is 32.0 Å². The van der Waals surface area contributed by atoms with Gasteiger partial charge in [-0.2, -0.15) is 0 Å². The number of ether oxygens (including phenoxy) is 1. The first-order valence-corrected chi connectivity index (χ1v) is 9.02. The van der Waals surface area contributed by atoms with Crippen molar-refractivity contribution in [3.8, 4) is 11.3 Å². The SMILES string of the molecule is CCNC(=O)[C@H](C)OC(=O)c1cc(-c2ccccc2Cl)nc2ccccc12. The van der Waals surface area contributed by atoms with Crippen molar-refractivity contribution in [3.63, 3.8) is 0 Å². The van der Waals surface area contributed by atoms with Gasteiger partial charge in [0.1, 0.15) is 0 Å². The van der Waals surface area contributed by atoms with Crippen molar-refractivity contribution in [1.82, 2.24) is 10.3 Å². The van der Waals surface area contributed by atoms with Crippen molar-refractivity contribution in [2.24, 2.45) is 0 Å². The molecule has 138 valence electrons. The number of amides is 1. The summed E-state index contributed by atoms with van der Waals surface area (Å²) in [5, 5.41) is 3.83. The number of hydrogen-bond donors (Lipinski definition) is 1. The minimum Gasteiger partial charge on any atom is -0.449 e. The molecule has 0 radical (unpaired) electrons. The normalized spacial score (nSPS) is 11.8. The number of benzene rings is 2. The van der Waals surface area contributed by atoms with E-state index in [-0.39, 0.29) is 5.91 Å². The highest BCUT2D eigenvalue weighted by molar-refractivity contribution is 6.33. The summed E-state index contributed by atoms with van der Waals surface area (Å²) in [4.78, 5) is 29.3. The molecule has 0 unspecified atom stereocenters. The van der Waals surface area contributed by atoms with E-state index in [0.717, 1.165) is 5.56 Å². The van der Waals surface area contributed by atoms with Crippen LogP contribution in [-0.2, 0) is 9.53 Å². The molecule has 6 heteroatoms. The minimum absolute atomic E-state index is 0.337. The Balaban J connectivity index is 2.05. The van der Waals surface area contributed by atoms with Crippen LogP contribution in [0.5, 0.6) is 0 Å². The van der Waals surface area contributed by atoms with E-state index in [0.29, 0.717) is 33.7 Å². The van der Waals surface area contributed by atoms with Crippen LogP contribution in [0, 0.1) is 0 Å². The number of esters is 1. The molecule has 0 aliphatic rings. The van der Waals surface area contributed by atoms with E-state index >= 15 is 0 Å². The molecule has 0 aliphatic carbocycles. The van der Waals surface area contributed by atoms with Gasteiger partial charge in [0.25, 0.3) is 5.91 Å². The molecular weight excluding hydrogens is 364 g/mol. The molecule has 3 aromatic rings. The number of fused-ring (bicyclic) bond motifs is 1. The van der Waals surface area contributed by atoms with Gasteiger partial charge in [-0.05, 0) is 32.0 Å². The Morgan fingerprint density at radius 3 is 2.59 bits per heavy atom. The average molecular weight is 383 g/mol. The Labute approximate surface area is 162 Å². The highest BCUT2D eigenvalue weighted by Crippen LogP contribution is 2.30. The van der Waals surface area contributed by atoms with Gasteiger partial charge in [0.05, 0.1) is 16.8 Å². The third kappa shape index (κ3) is 4.09. The number of likely N-dealkylation sites (N-methyl/N-ethyl adjacent to an activating group) is 1. The zero-order valence-corrected chi connectivity index (χ0v) is 15.8. The number of para-hydroxylation sites is 1. The molecule has 5 nitrogen and oxygen atoms in total. The second-order valence-corrected chi connectivity index (χ2v) is 6.40. The van der Waals surface area contributed by atoms with Crippen molar-refractivity contribution < 1.29 is 14.3 Å². The first-order chi connectivity index (χ1) is 13.0. The van der Waals surface area contributed by atoms with Gasteiger partial charge in [0, 0.05) is 22.5 Å². The molecule has 0 fully saturated rings. The van der Waals surface area contributed by atoms with Gasteiger partial charge in [-0.25, -0.2) is 9.78 Å². The number of nitrogens with zero attached hydrogens (tertiary/aromatic N) is 1. The van der Waals surface area contributed by atoms with Gasteiger partial charge in [-0.1, -0.05) is 48.0 Å². The monoisotopic (exact) mass is 382 g/mol. The lowest BCUT2D eigenvalue weighted by Gasteiger charge is -2.14. The Morgan fingerprint density at radius 1 is 1.15 bits per heavy atom. The maximum atomic E-state index is 12.8. The van der Waals surface area contributed by atoms with Gasteiger partial charge < -0.3 is 10.1 Å². The Bertz CT molecular complexity index is 1000.